The third-order valence-electron chi connectivity index (χ3n) is 3.85. The van der Waals surface area contributed by atoms with Crippen LogP contribution in [-0.4, -0.2) is 53.7 Å². The molecule has 0 saturated heterocycles. The molecule has 25 heavy (non-hydrogen) atoms. The van der Waals surface area contributed by atoms with Crippen molar-refractivity contribution >= 4 is 8.80 Å². The maximum Gasteiger partial charge on any atom is 0.513 e. The van der Waals surface area contributed by atoms with E-state index >= 15 is 0 Å². The molecule has 0 rings (SSSR count). The first-order chi connectivity index (χ1) is 11.4. The number of quaternary nitrogens is 1. The molecule has 150 valence electrons. The van der Waals surface area contributed by atoms with Crippen molar-refractivity contribution in [2.45, 2.75) is 72.3 Å². The normalized spacial score (nSPS) is 11.6. The fourth-order valence-electron chi connectivity index (χ4n) is 2.64. The van der Waals surface area contributed by atoms with Gasteiger partial charge in [-0.15, -0.1) is 0 Å². The molecule has 0 aliphatic heterocycles. The van der Waals surface area contributed by atoms with Crippen molar-refractivity contribution in [3.63, 3.8) is 0 Å². The SMILES string of the molecule is CCCCCCCC[N+](C)(C)C#CC[Si](OCC)(OCC)OCC.[Cl-]. The molecule has 0 heterocycles. The van der Waals surface area contributed by atoms with Gasteiger partial charge in [0.2, 0.25) is 0 Å². The number of hydrogen-bond acceptors (Lipinski definition) is 3. The predicted octanol–water partition coefficient (Wildman–Crippen LogP) is 1.44. The smallest absolute Gasteiger partial charge is 0.513 e. The van der Waals surface area contributed by atoms with Gasteiger partial charge in [-0.05, 0) is 39.5 Å². The van der Waals surface area contributed by atoms with Crippen LogP contribution in [-0.2, 0) is 13.3 Å². The second-order valence-corrected chi connectivity index (χ2v) is 9.21. The van der Waals surface area contributed by atoms with Gasteiger partial charge in [-0.25, -0.2) is 0 Å². The van der Waals surface area contributed by atoms with Crippen LogP contribution < -0.4 is 12.4 Å². The van der Waals surface area contributed by atoms with Gasteiger partial charge in [0.15, 0.2) is 0 Å². The zero-order chi connectivity index (χ0) is 18.3. The van der Waals surface area contributed by atoms with E-state index in [1.807, 2.05) is 20.8 Å². The quantitative estimate of drug-likeness (QED) is 0.193. The molecule has 0 bridgehead atoms. The Labute approximate surface area is 164 Å². The van der Waals surface area contributed by atoms with Crippen LogP contribution in [0.15, 0.2) is 0 Å². The van der Waals surface area contributed by atoms with Crippen molar-refractivity contribution in [1.82, 2.24) is 0 Å². The lowest BCUT2D eigenvalue weighted by molar-refractivity contribution is -0.822. The molecule has 0 amide bonds. The summed E-state index contributed by atoms with van der Waals surface area (Å²) in [5, 5.41) is 0. The number of unbranched alkanes of at least 4 members (excludes halogenated alkanes) is 5. The Hall–Kier alpha value is -0.0931. The summed E-state index contributed by atoms with van der Waals surface area (Å²) in [5.74, 6) is 3.29. The molecule has 0 aliphatic rings. The van der Waals surface area contributed by atoms with E-state index in [0.29, 0.717) is 25.9 Å². The van der Waals surface area contributed by atoms with Crippen molar-refractivity contribution in [3.05, 3.63) is 0 Å². The van der Waals surface area contributed by atoms with Gasteiger partial charge in [-0.3, -0.25) is 4.48 Å². The largest absolute Gasteiger partial charge is 1.00 e. The molecule has 0 atom stereocenters. The molecule has 0 aromatic rings. The molecule has 0 aromatic heterocycles. The molecule has 4 nitrogen and oxygen atoms in total. The summed E-state index contributed by atoms with van der Waals surface area (Å²) < 4.78 is 18.3. The fourth-order valence-corrected chi connectivity index (χ4v) is 4.81. The lowest BCUT2D eigenvalue weighted by Crippen LogP contribution is -3.00. The lowest BCUT2D eigenvalue weighted by atomic mass is 10.1. The van der Waals surface area contributed by atoms with E-state index in [1.54, 1.807) is 0 Å². The fraction of sp³-hybridized carbons (Fsp3) is 0.895. The molecule has 0 N–H and O–H groups in total. The molecule has 0 fully saturated rings. The summed E-state index contributed by atoms with van der Waals surface area (Å²) in [6, 6.07) is 3.94. The third-order valence-corrected chi connectivity index (χ3v) is 6.65. The van der Waals surface area contributed by atoms with Crippen LogP contribution in [0.25, 0.3) is 0 Å². The molecular weight excluding hydrogens is 354 g/mol. The first kappa shape index (κ1) is 27.1. The summed E-state index contributed by atoms with van der Waals surface area (Å²) in [7, 11) is 1.71. The van der Waals surface area contributed by atoms with Crippen LogP contribution in [0.2, 0.25) is 6.04 Å². The van der Waals surface area contributed by atoms with Gasteiger partial charge in [0, 0.05) is 19.8 Å². The summed E-state index contributed by atoms with van der Waals surface area (Å²) in [5.41, 5.74) is 0. The molecule has 0 saturated carbocycles. The minimum atomic E-state index is -2.63. The van der Waals surface area contributed by atoms with Gasteiger partial charge >= 0.3 is 8.80 Å². The molecule has 0 aromatic carbocycles. The van der Waals surface area contributed by atoms with Crippen molar-refractivity contribution < 1.29 is 30.2 Å². The summed E-state index contributed by atoms with van der Waals surface area (Å²) in [6.07, 6.45) is 7.90. The number of nitrogens with zero attached hydrogens (tertiary/aromatic N) is 1. The zero-order valence-corrected chi connectivity index (χ0v) is 19.1. The van der Waals surface area contributed by atoms with Gasteiger partial charge in [0.05, 0.1) is 26.7 Å². The Balaban J connectivity index is 0. The van der Waals surface area contributed by atoms with Gasteiger partial charge in [0.25, 0.3) is 0 Å². The summed E-state index contributed by atoms with van der Waals surface area (Å²) in [6.45, 7) is 11.1. The van der Waals surface area contributed by atoms with Gasteiger partial charge in [-0.1, -0.05) is 32.6 Å². The van der Waals surface area contributed by atoms with Crippen LogP contribution >= 0.6 is 0 Å². The van der Waals surface area contributed by atoms with Crippen LogP contribution in [0.5, 0.6) is 0 Å². The molecule has 6 heteroatoms. The molecule has 0 unspecified atom stereocenters. The third kappa shape index (κ3) is 13.7. The second-order valence-electron chi connectivity index (χ2n) is 6.62. The van der Waals surface area contributed by atoms with E-state index in [0.717, 1.165) is 11.0 Å². The molecular formula is C19H40ClNO3Si. The topological polar surface area (TPSA) is 27.7 Å². The van der Waals surface area contributed by atoms with Crippen molar-refractivity contribution in [2.75, 3.05) is 40.5 Å². The highest BCUT2D eigenvalue weighted by molar-refractivity contribution is 6.61. The monoisotopic (exact) mass is 393 g/mol. The highest BCUT2D eigenvalue weighted by Crippen LogP contribution is 2.15. The molecule has 0 radical (unpaired) electrons. The minimum Gasteiger partial charge on any atom is -1.00 e. The standard InChI is InChI=1S/C19H40NO3Si.ClH/c1-7-11-12-13-14-15-17-20(5,6)18-16-19-24(21-8-2,22-9-3)23-10-4;/h7-15,17,19H2,1-6H3;1H/q+1;/p-1. The number of rotatable bonds is 14. The Morgan fingerprint density at radius 1 is 0.760 bits per heavy atom. The number of halogens is 1. The van der Waals surface area contributed by atoms with E-state index in [9.17, 15) is 0 Å². The van der Waals surface area contributed by atoms with Gasteiger partial charge < -0.3 is 25.7 Å². The zero-order valence-electron chi connectivity index (χ0n) is 17.3. The first-order valence-corrected chi connectivity index (χ1v) is 11.6. The van der Waals surface area contributed by atoms with Gasteiger partial charge in [0.1, 0.15) is 6.04 Å². The Bertz CT molecular complexity index is 352. The Morgan fingerprint density at radius 2 is 1.24 bits per heavy atom. The Morgan fingerprint density at radius 3 is 1.72 bits per heavy atom. The summed E-state index contributed by atoms with van der Waals surface area (Å²) >= 11 is 0. The maximum atomic E-state index is 5.85. The van der Waals surface area contributed by atoms with E-state index < -0.39 is 8.80 Å². The predicted molar refractivity (Wildman–Crippen MR) is 104 cm³/mol. The first-order valence-electron chi connectivity index (χ1n) is 9.70. The van der Waals surface area contributed by atoms with Crippen LogP contribution in [0.4, 0.5) is 0 Å². The van der Waals surface area contributed by atoms with Crippen LogP contribution in [0.1, 0.15) is 66.2 Å². The Kier molecular flexibility index (Phi) is 17.5. The van der Waals surface area contributed by atoms with Crippen molar-refractivity contribution in [2.24, 2.45) is 0 Å². The highest BCUT2D eigenvalue weighted by Gasteiger charge is 2.40. The average molecular weight is 394 g/mol. The average Bonchev–Trinajstić information content (AvgIpc) is 2.51. The van der Waals surface area contributed by atoms with E-state index in [2.05, 4.69) is 33.0 Å². The minimum absolute atomic E-state index is 0. The lowest BCUT2D eigenvalue weighted by Gasteiger charge is -2.26. The molecule has 0 spiro atoms. The van der Waals surface area contributed by atoms with E-state index in [1.165, 1.54) is 38.5 Å². The maximum absolute atomic E-state index is 5.85. The number of hydrogen-bond donors (Lipinski definition) is 0. The van der Waals surface area contributed by atoms with Crippen LogP contribution in [0, 0.1) is 12.0 Å². The van der Waals surface area contributed by atoms with Crippen molar-refractivity contribution in [1.29, 1.82) is 0 Å². The van der Waals surface area contributed by atoms with Crippen molar-refractivity contribution in [3.8, 4) is 12.0 Å². The van der Waals surface area contributed by atoms with Crippen LogP contribution in [0.3, 0.4) is 0 Å². The second kappa shape index (κ2) is 16.1. The van der Waals surface area contributed by atoms with Gasteiger partial charge in [-0.2, -0.15) is 0 Å². The molecule has 0 aliphatic carbocycles. The van der Waals surface area contributed by atoms with E-state index in [-0.39, 0.29) is 12.4 Å². The summed E-state index contributed by atoms with van der Waals surface area (Å²) in [4.78, 5) is 0. The van der Waals surface area contributed by atoms with E-state index in [4.69, 9.17) is 13.3 Å². The highest BCUT2D eigenvalue weighted by atomic mass is 35.5.